The van der Waals surface area contributed by atoms with E-state index in [1.807, 2.05) is 32.0 Å². The van der Waals surface area contributed by atoms with Crippen molar-refractivity contribution in [1.29, 1.82) is 0 Å². The molecular formula is C22H32O6. The Bertz CT molecular complexity index is 606. The van der Waals surface area contributed by atoms with Crippen LogP contribution in [0, 0.1) is 0 Å². The van der Waals surface area contributed by atoms with E-state index in [9.17, 15) is 4.79 Å². The number of Topliss-reactive ketones (excluding diaryl/α,β-unsaturated/α-hetero) is 1. The number of benzene rings is 1. The topological polar surface area (TPSA) is 63.2 Å². The monoisotopic (exact) mass is 392 g/mol. The Kier molecular flexibility index (Phi) is 8.00. The van der Waals surface area contributed by atoms with Gasteiger partial charge in [-0.25, -0.2) is 0 Å². The SMILES string of the molecule is CC(=O)C[C@H]1C[C@@H](C[C@@H]2C[C@H](COCc3ccccc3)O[C@H](C)O2)O[C@@H](C)O1. The summed E-state index contributed by atoms with van der Waals surface area (Å²) in [5.41, 5.74) is 1.15. The van der Waals surface area contributed by atoms with Crippen LogP contribution in [-0.4, -0.2) is 49.4 Å². The minimum atomic E-state index is -0.301. The lowest BCUT2D eigenvalue weighted by Gasteiger charge is -2.39. The largest absolute Gasteiger partial charge is 0.374 e. The zero-order chi connectivity index (χ0) is 19.9. The highest BCUT2D eigenvalue weighted by Gasteiger charge is 2.34. The van der Waals surface area contributed by atoms with Gasteiger partial charge in [-0.05, 0) is 26.3 Å². The van der Waals surface area contributed by atoms with E-state index in [1.54, 1.807) is 6.92 Å². The molecule has 2 fully saturated rings. The Morgan fingerprint density at radius 3 is 2.14 bits per heavy atom. The van der Waals surface area contributed by atoms with E-state index in [4.69, 9.17) is 23.7 Å². The second-order valence-corrected chi connectivity index (χ2v) is 7.78. The van der Waals surface area contributed by atoms with Crippen molar-refractivity contribution >= 4 is 5.78 Å². The molecule has 2 aliphatic rings. The first kappa shape index (κ1) is 21.4. The summed E-state index contributed by atoms with van der Waals surface area (Å²) in [6.07, 6.45) is 2.11. The maximum Gasteiger partial charge on any atom is 0.155 e. The molecule has 2 heterocycles. The fourth-order valence-corrected chi connectivity index (χ4v) is 4.00. The third-order valence-corrected chi connectivity index (χ3v) is 5.04. The lowest BCUT2D eigenvalue weighted by atomic mass is 9.97. The quantitative estimate of drug-likeness (QED) is 0.673. The minimum Gasteiger partial charge on any atom is -0.374 e. The number of carbonyl (C=O) groups excluding carboxylic acids is 1. The fourth-order valence-electron chi connectivity index (χ4n) is 4.00. The summed E-state index contributed by atoms with van der Waals surface area (Å²) in [5.74, 6) is 0.143. The molecule has 0 saturated carbocycles. The average Bonchev–Trinajstić information content (AvgIpc) is 2.61. The van der Waals surface area contributed by atoms with E-state index in [2.05, 4.69) is 12.1 Å². The lowest BCUT2D eigenvalue weighted by molar-refractivity contribution is -0.267. The van der Waals surface area contributed by atoms with Gasteiger partial charge in [0.1, 0.15) is 5.78 Å². The normalized spacial score (nSPS) is 33.5. The highest BCUT2D eigenvalue weighted by atomic mass is 16.7. The van der Waals surface area contributed by atoms with Gasteiger partial charge in [-0.2, -0.15) is 0 Å². The molecule has 156 valence electrons. The van der Waals surface area contributed by atoms with Gasteiger partial charge in [0, 0.05) is 25.7 Å². The van der Waals surface area contributed by atoms with E-state index < -0.39 is 0 Å². The van der Waals surface area contributed by atoms with Crippen LogP contribution in [0.4, 0.5) is 0 Å². The summed E-state index contributed by atoms with van der Waals surface area (Å²) in [5, 5.41) is 0. The summed E-state index contributed by atoms with van der Waals surface area (Å²) in [4.78, 5) is 11.4. The second kappa shape index (κ2) is 10.5. The molecule has 1 aromatic rings. The van der Waals surface area contributed by atoms with Crippen LogP contribution in [0.2, 0.25) is 0 Å². The van der Waals surface area contributed by atoms with Gasteiger partial charge in [0.15, 0.2) is 12.6 Å². The van der Waals surface area contributed by atoms with Gasteiger partial charge < -0.3 is 23.7 Å². The smallest absolute Gasteiger partial charge is 0.155 e. The van der Waals surface area contributed by atoms with E-state index in [0.717, 1.165) is 18.4 Å². The Balaban J connectivity index is 1.46. The highest BCUT2D eigenvalue weighted by Crippen LogP contribution is 2.28. The molecule has 0 unspecified atom stereocenters. The van der Waals surface area contributed by atoms with Gasteiger partial charge in [-0.1, -0.05) is 30.3 Å². The van der Waals surface area contributed by atoms with Gasteiger partial charge >= 0.3 is 0 Å². The van der Waals surface area contributed by atoms with Crippen molar-refractivity contribution in [1.82, 2.24) is 0 Å². The summed E-state index contributed by atoms with van der Waals surface area (Å²) in [6.45, 7) is 6.52. The molecule has 0 spiro atoms. The molecule has 2 aliphatic heterocycles. The van der Waals surface area contributed by atoms with Crippen molar-refractivity contribution < 1.29 is 28.5 Å². The van der Waals surface area contributed by atoms with E-state index in [-0.39, 0.29) is 42.8 Å². The number of ether oxygens (including phenoxy) is 5. The molecule has 6 nitrogen and oxygen atoms in total. The van der Waals surface area contributed by atoms with Crippen LogP contribution >= 0.6 is 0 Å². The molecular weight excluding hydrogens is 360 g/mol. The Labute approximate surface area is 167 Å². The molecule has 0 N–H and O–H groups in total. The second-order valence-electron chi connectivity index (χ2n) is 7.78. The molecule has 0 radical (unpaired) electrons. The minimum absolute atomic E-state index is 0.00254. The molecule has 2 saturated heterocycles. The summed E-state index contributed by atoms with van der Waals surface area (Å²) >= 11 is 0. The van der Waals surface area contributed by atoms with Crippen LogP contribution in [-0.2, 0) is 35.1 Å². The van der Waals surface area contributed by atoms with Gasteiger partial charge in [0.05, 0.1) is 37.6 Å². The molecule has 6 atom stereocenters. The molecule has 0 aliphatic carbocycles. The van der Waals surface area contributed by atoms with Crippen molar-refractivity contribution in [2.24, 2.45) is 0 Å². The maximum atomic E-state index is 11.4. The number of carbonyl (C=O) groups is 1. The lowest BCUT2D eigenvalue weighted by Crippen LogP contribution is -2.43. The summed E-state index contributed by atoms with van der Waals surface area (Å²) < 4.78 is 29.4. The predicted octanol–water partition coefficient (Wildman–Crippen LogP) is 3.61. The molecule has 28 heavy (non-hydrogen) atoms. The maximum absolute atomic E-state index is 11.4. The molecule has 0 aromatic heterocycles. The van der Waals surface area contributed by atoms with Crippen molar-refractivity contribution in [2.45, 2.75) is 90.1 Å². The number of ketones is 1. The molecule has 6 heteroatoms. The standard InChI is InChI=1S/C22H32O6/c1-15(23)9-19-10-20(26-16(2)25-19)11-21-12-22(28-17(3)27-21)14-24-13-18-7-5-4-6-8-18/h4-8,16-17,19-22H,9-14H2,1-3H3/t16-,17+,19-,20-,21+,22+/m0/s1. The predicted molar refractivity (Wildman–Crippen MR) is 104 cm³/mol. The zero-order valence-electron chi connectivity index (χ0n) is 17.0. The van der Waals surface area contributed by atoms with Crippen LogP contribution in [0.15, 0.2) is 30.3 Å². The van der Waals surface area contributed by atoms with Crippen LogP contribution in [0.5, 0.6) is 0 Å². The van der Waals surface area contributed by atoms with Crippen LogP contribution in [0.1, 0.15) is 52.0 Å². The summed E-state index contributed by atoms with van der Waals surface area (Å²) in [6, 6.07) is 10.1. The third-order valence-electron chi connectivity index (χ3n) is 5.04. The van der Waals surface area contributed by atoms with Gasteiger partial charge in [-0.15, -0.1) is 0 Å². The fraction of sp³-hybridized carbons (Fsp3) is 0.682. The number of hydrogen-bond acceptors (Lipinski definition) is 6. The van der Waals surface area contributed by atoms with Gasteiger partial charge in [0.2, 0.25) is 0 Å². The number of hydrogen-bond donors (Lipinski definition) is 0. The first-order chi connectivity index (χ1) is 13.5. The third kappa shape index (κ3) is 6.94. The van der Waals surface area contributed by atoms with Crippen molar-refractivity contribution in [3.63, 3.8) is 0 Å². The van der Waals surface area contributed by atoms with Crippen LogP contribution in [0.25, 0.3) is 0 Å². The van der Waals surface area contributed by atoms with E-state index >= 15 is 0 Å². The zero-order valence-corrected chi connectivity index (χ0v) is 17.0. The van der Waals surface area contributed by atoms with E-state index in [0.29, 0.717) is 26.1 Å². The Morgan fingerprint density at radius 1 is 0.929 bits per heavy atom. The van der Waals surface area contributed by atoms with Crippen LogP contribution < -0.4 is 0 Å². The van der Waals surface area contributed by atoms with Crippen molar-refractivity contribution in [2.75, 3.05) is 6.61 Å². The Hall–Kier alpha value is -1.31. The van der Waals surface area contributed by atoms with Gasteiger partial charge in [-0.3, -0.25) is 4.79 Å². The molecule has 3 rings (SSSR count). The van der Waals surface area contributed by atoms with Gasteiger partial charge in [0.25, 0.3) is 0 Å². The molecule has 1 aromatic carbocycles. The average molecular weight is 392 g/mol. The van der Waals surface area contributed by atoms with Crippen LogP contribution in [0.3, 0.4) is 0 Å². The molecule has 0 amide bonds. The van der Waals surface area contributed by atoms with Crippen molar-refractivity contribution in [3.05, 3.63) is 35.9 Å². The number of rotatable bonds is 8. The molecule has 0 bridgehead atoms. The summed E-state index contributed by atoms with van der Waals surface area (Å²) in [7, 11) is 0. The first-order valence-electron chi connectivity index (χ1n) is 10.2. The van der Waals surface area contributed by atoms with Crippen molar-refractivity contribution in [3.8, 4) is 0 Å². The Morgan fingerprint density at radius 2 is 1.50 bits per heavy atom. The van der Waals surface area contributed by atoms with E-state index in [1.165, 1.54) is 0 Å². The first-order valence-corrected chi connectivity index (χ1v) is 10.2. The highest BCUT2D eigenvalue weighted by molar-refractivity contribution is 5.75.